The van der Waals surface area contributed by atoms with Crippen molar-refractivity contribution in [2.24, 2.45) is 5.41 Å². The predicted octanol–water partition coefficient (Wildman–Crippen LogP) is 2.73. The summed E-state index contributed by atoms with van der Waals surface area (Å²) in [5.41, 5.74) is -0.142. The number of likely N-dealkylation sites (tertiary alicyclic amines) is 1. The second-order valence-electron chi connectivity index (χ2n) is 7.31. The number of epoxide rings is 1. The van der Waals surface area contributed by atoms with Crippen LogP contribution in [0, 0.1) is 5.41 Å². The normalized spacial score (nSPS) is 38.8. The molecule has 2 heterocycles. The van der Waals surface area contributed by atoms with Gasteiger partial charge in [0.15, 0.2) is 0 Å². The third kappa shape index (κ3) is 1.56. The van der Waals surface area contributed by atoms with Crippen LogP contribution in [0.5, 0.6) is 0 Å². The summed E-state index contributed by atoms with van der Waals surface area (Å²) in [5, 5.41) is 0. The number of carbonyl (C=O) groups excluding carboxylic acids is 1. The molecule has 18 heavy (non-hydrogen) atoms. The average Bonchev–Trinajstić information content (AvgIpc) is 3.01. The molecular weight excluding hydrogens is 226 g/mol. The van der Waals surface area contributed by atoms with Crippen LogP contribution in [0.25, 0.3) is 0 Å². The van der Waals surface area contributed by atoms with Crippen LogP contribution in [0.2, 0.25) is 0 Å². The summed E-state index contributed by atoms with van der Waals surface area (Å²) in [6, 6.07) is 0.334. The molecule has 3 aliphatic rings. The summed E-state index contributed by atoms with van der Waals surface area (Å²) in [6.45, 7) is 8.55. The number of β-lactam (4-membered cyclic amide) rings is 1. The van der Waals surface area contributed by atoms with E-state index >= 15 is 0 Å². The van der Waals surface area contributed by atoms with E-state index in [-0.39, 0.29) is 11.0 Å². The summed E-state index contributed by atoms with van der Waals surface area (Å²) in [7, 11) is 0. The molecule has 1 amide bonds. The number of amides is 1. The van der Waals surface area contributed by atoms with Gasteiger partial charge in [-0.05, 0) is 40.5 Å². The second kappa shape index (κ2) is 3.72. The lowest BCUT2D eigenvalue weighted by Gasteiger charge is -2.62. The summed E-state index contributed by atoms with van der Waals surface area (Å²) >= 11 is 0. The van der Waals surface area contributed by atoms with Gasteiger partial charge in [0.25, 0.3) is 0 Å². The molecule has 0 unspecified atom stereocenters. The fourth-order valence-corrected chi connectivity index (χ4v) is 4.08. The van der Waals surface area contributed by atoms with Gasteiger partial charge in [-0.25, -0.2) is 0 Å². The molecule has 0 radical (unpaired) electrons. The van der Waals surface area contributed by atoms with Gasteiger partial charge in [-0.2, -0.15) is 0 Å². The van der Waals surface area contributed by atoms with Crippen molar-refractivity contribution in [3.8, 4) is 0 Å². The lowest BCUT2D eigenvalue weighted by Crippen LogP contribution is -2.75. The van der Waals surface area contributed by atoms with Crippen molar-refractivity contribution >= 4 is 5.91 Å². The topological polar surface area (TPSA) is 32.8 Å². The van der Waals surface area contributed by atoms with Gasteiger partial charge in [0.2, 0.25) is 5.91 Å². The van der Waals surface area contributed by atoms with Crippen LogP contribution in [-0.2, 0) is 9.53 Å². The van der Waals surface area contributed by atoms with E-state index in [1.165, 1.54) is 19.3 Å². The fourth-order valence-electron chi connectivity index (χ4n) is 4.08. The molecule has 0 aromatic carbocycles. The maximum Gasteiger partial charge on any atom is 0.231 e. The fraction of sp³-hybridized carbons (Fsp3) is 0.933. The van der Waals surface area contributed by atoms with Crippen molar-refractivity contribution in [1.82, 2.24) is 4.90 Å². The summed E-state index contributed by atoms with van der Waals surface area (Å²) in [4.78, 5) is 14.8. The van der Waals surface area contributed by atoms with Gasteiger partial charge < -0.3 is 9.64 Å². The van der Waals surface area contributed by atoms with Gasteiger partial charge in [0.1, 0.15) is 6.10 Å². The molecule has 3 fully saturated rings. The molecule has 3 nitrogen and oxygen atoms in total. The number of hydrogen-bond donors (Lipinski definition) is 0. The van der Waals surface area contributed by atoms with E-state index in [9.17, 15) is 4.79 Å². The van der Waals surface area contributed by atoms with Crippen molar-refractivity contribution in [3.63, 3.8) is 0 Å². The zero-order valence-corrected chi connectivity index (χ0v) is 12.0. The number of nitrogens with zero attached hydrogens (tertiary/aromatic N) is 1. The molecule has 0 N–H and O–H groups in total. The zero-order valence-electron chi connectivity index (χ0n) is 12.0. The molecule has 3 atom stereocenters. The van der Waals surface area contributed by atoms with E-state index in [0.717, 1.165) is 12.8 Å². The van der Waals surface area contributed by atoms with Crippen molar-refractivity contribution in [1.29, 1.82) is 0 Å². The van der Waals surface area contributed by atoms with Crippen molar-refractivity contribution in [2.45, 2.75) is 83.6 Å². The highest BCUT2D eigenvalue weighted by molar-refractivity contribution is 5.91. The van der Waals surface area contributed by atoms with E-state index in [0.29, 0.717) is 24.2 Å². The number of carbonyl (C=O) groups is 1. The van der Waals surface area contributed by atoms with Crippen LogP contribution in [0.4, 0.5) is 0 Å². The first-order chi connectivity index (χ1) is 8.38. The number of rotatable bonds is 1. The largest absolute Gasteiger partial charge is 0.368 e. The van der Waals surface area contributed by atoms with Gasteiger partial charge >= 0.3 is 0 Å². The molecule has 0 bridgehead atoms. The zero-order chi connectivity index (χ0) is 13.1. The maximum atomic E-state index is 12.7. The van der Waals surface area contributed by atoms with Crippen LogP contribution >= 0.6 is 0 Å². The minimum atomic E-state index is -0.0733. The summed E-state index contributed by atoms with van der Waals surface area (Å²) in [6.07, 6.45) is 6.50. The van der Waals surface area contributed by atoms with Crippen LogP contribution in [0.15, 0.2) is 0 Å². The van der Waals surface area contributed by atoms with Gasteiger partial charge in [-0.1, -0.05) is 19.3 Å². The number of ether oxygens (including phenoxy) is 1. The van der Waals surface area contributed by atoms with E-state index < -0.39 is 0 Å². The lowest BCUT2D eigenvalue weighted by atomic mass is 9.59. The van der Waals surface area contributed by atoms with E-state index in [1.54, 1.807) is 0 Å². The first kappa shape index (κ1) is 12.5. The van der Waals surface area contributed by atoms with Gasteiger partial charge in [0.05, 0.1) is 17.6 Å². The molecule has 2 aliphatic heterocycles. The third-order valence-electron chi connectivity index (χ3n) is 5.03. The van der Waals surface area contributed by atoms with E-state index in [1.807, 2.05) is 0 Å². The Balaban J connectivity index is 1.89. The second-order valence-corrected chi connectivity index (χ2v) is 7.31. The monoisotopic (exact) mass is 251 g/mol. The summed E-state index contributed by atoms with van der Waals surface area (Å²) in [5.74, 6) is 0.391. The molecule has 3 heteroatoms. The van der Waals surface area contributed by atoms with Gasteiger partial charge in [0, 0.05) is 5.54 Å². The molecule has 3 rings (SSSR count). The van der Waals surface area contributed by atoms with Crippen LogP contribution in [0.1, 0.15) is 59.8 Å². The molecule has 1 aliphatic carbocycles. The molecule has 1 saturated carbocycles. The minimum Gasteiger partial charge on any atom is -0.368 e. The molecule has 0 aromatic heterocycles. The van der Waals surface area contributed by atoms with E-state index in [2.05, 4.69) is 32.6 Å². The smallest absolute Gasteiger partial charge is 0.231 e. The van der Waals surface area contributed by atoms with Gasteiger partial charge in [-0.15, -0.1) is 0 Å². The highest BCUT2D eigenvalue weighted by Crippen LogP contribution is 2.56. The highest BCUT2D eigenvalue weighted by Gasteiger charge is 2.68. The number of hydrogen-bond acceptors (Lipinski definition) is 2. The van der Waals surface area contributed by atoms with Crippen LogP contribution in [0.3, 0.4) is 0 Å². The maximum absolute atomic E-state index is 12.7. The Hall–Kier alpha value is -0.570. The Labute approximate surface area is 110 Å². The Morgan fingerprint density at radius 1 is 1.22 bits per heavy atom. The van der Waals surface area contributed by atoms with E-state index in [4.69, 9.17) is 4.74 Å². The highest BCUT2D eigenvalue weighted by atomic mass is 16.6. The first-order valence-electron chi connectivity index (χ1n) is 7.37. The Morgan fingerprint density at radius 2 is 1.78 bits per heavy atom. The Kier molecular flexibility index (Phi) is 2.58. The quantitative estimate of drug-likeness (QED) is 0.530. The first-order valence-corrected chi connectivity index (χ1v) is 7.37. The minimum absolute atomic E-state index is 0.0685. The molecule has 0 aromatic rings. The summed E-state index contributed by atoms with van der Waals surface area (Å²) < 4.78 is 5.73. The Morgan fingerprint density at radius 3 is 2.22 bits per heavy atom. The molecule has 102 valence electrons. The van der Waals surface area contributed by atoms with Gasteiger partial charge in [-0.3, -0.25) is 4.79 Å². The lowest BCUT2D eigenvalue weighted by molar-refractivity contribution is -0.191. The van der Waals surface area contributed by atoms with Crippen molar-refractivity contribution in [3.05, 3.63) is 0 Å². The SMILES string of the molecule is C[C@@H]1O[C@H]1[C@@H]1N(C(C)(C)C)C(=O)C12CCCCC2. The van der Waals surface area contributed by atoms with Crippen LogP contribution in [-0.4, -0.2) is 34.6 Å². The van der Waals surface area contributed by atoms with Crippen LogP contribution < -0.4 is 0 Å². The molecular formula is C15H25NO2. The molecule has 1 spiro atoms. The predicted molar refractivity (Wildman–Crippen MR) is 70.2 cm³/mol. The van der Waals surface area contributed by atoms with Crippen molar-refractivity contribution in [2.75, 3.05) is 0 Å². The molecule has 2 saturated heterocycles. The standard InChI is InChI=1S/C15H25NO2/c1-10-11(18-10)12-15(8-6-5-7-9-15)13(17)16(12)14(2,3)4/h10-12H,5-9H2,1-4H3/t10-,11+,12-/m0/s1. The third-order valence-corrected chi connectivity index (χ3v) is 5.03. The average molecular weight is 251 g/mol. The Bertz CT molecular complexity index is 365. The van der Waals surface area contributed by atoms with Crippen molar-refractivity contribution < 1.29 is 9.53 Å².